The molecule has 1 unspecified atom stereocenters. The van der Waals surface area contributed by atoms with Crippen molar-refractivity contribution in [1.82, 2.24) is 0 Å². The van der Waals surface area contributed by atoms with Gasteiger partial charge in [-0.3, -0.25) is 0 Å². The van der Waals surface area contributed by atoms with Crippen molar-refractivity contribution in [2.45, 2.75) is 6.04 Å². The van der Waals surface area contributed by atoms with Crippen molar-refractivity contribution in [3.8, 4) is 17.2 Å². The molecule has 1 atom stereocenters. The molecule has 0 aliphatic rings. The highest BCUT2D eigenvalue weighted by atomic mass is 16.5. The highest BCUT2D eigenvalue weighted by Crippen LogP contribution is 2.34. The first-order valence-corrected chi connectivity index (χ1v) is 7.04. The Morgan fingerprint density at radius 1 is 1.09 bits per heavy atom. The van der Waals surface area contributed by atoms with Crippen molar-refractivity contribution < 1.29 is 14.6 Å². The van der Waals surface area contributed by atoms with Gasteiger partial charge < -0.3 is 25.2 Å². The lowest BCUT2D eigenvalue weighted by Gasteiger charge is -2.30. The number of methoxy groups -OCH3 is 2. The largest absolute Gasteiger partial charge is 0.508 e. The van der Waals surface area contributed by atoms with Crippen LogP contribution < -0.4 is 20.1 Å². The van der Waals surface area contributed by atoms with Gasteiger partial charge in [0.05, 0.1) is 20.3 Å². The second-order valence-electron chi connectivity index (χ2n) is 4.99. The van der Waals surface area contributed by atoms with E-state index in [2.05, 4.69) is 4.90 Å². The van der Waals surface area contributed by atoms with E-state index in [0.29, 0.717) is 6.54 Å². The standard InChI is InChI=1S/C17H22N2O3/c1-19(12-4-6-13(20)7-5-12)16(11-18)15-9-8-14(21-2)10-17(15)22-3/h4-10,16,20H,11,18H2,1-3H3. The fourth-order valence-electron chi connectivity index (χ4n) is 2.46. The van der Waals surface area contributed by atoms with Gasteiger partial charge in [-0.1, -0.05) is 0 Å². The zero-order chi connectivity index (χ0) is 16.1. The van der Waals surface area contributed by atoms with Crippen LogP contribution in [0.15, 0.2) is 42.5 Å². The molecule has 0 aromatic heterocycles. The van der Waals surface area contributed by atoms with Crippen LogP contribution in [0.4, 0.5) is 5.69 Å². The predicted octanol–water partition coefficient (Wildman–Crippen LogP) is 2.55. The summed E-state index contributed by atoms with van der Waals surface area (Å²) in [5.74, 6) is 1.72. The van der Waals surface area contributed by atoms with Gasteiger partial charge in [-0.2, -0.15) is 0 Å². The van der Waals surface area contributed by atoms with Gasteiger partial charge in [0.1, 0.15) is 17.2 Å². The molecule has 2 aromatic carbocycles. The minimum absolute atomic E-state index is 0.0506. The topological polar surface area (TPSA) is 68.0 Å². The van der Waals surface area contributed by atoms with Crippen LogP contribution in [0.5, 0.6) is 17.2 Å². The summed E-state index contributed by atoms with van der Waals surface area (Å²) in [6.45, 7) is 0.431. The summed E-state index contributed by atoms with van der Waals surface area (Å²) in [5, 5.41) is 9.41. The lowest BCUT2D eigenvalue weighted by molar-refractivity contribution is 0.388. The van der Waals surface area contributed by atoms with Crippen LogP contribution in [-0.2, 0) is 0 Å². The molecule has 0 heterocycles. The van der Waals surface area contributed by atoms with Crippen molar-refractivity contribution in [2.75, 3.05) is 32.7 Å². The molecule has 5 nitrogen and oxygen atoms in total. The van der Waals surface area contributed by atoms with E-state index in [-0.39, 0.29) is 11.8 Å². The quantitative estimate of drug-likeness (QED) is 0.858. The highest BCUT2D eigenvalue weighted by molar-refractivity contribution is 5.53. The number of benzene rings is 2. The fourth-order valence-corrected chi connectivity index (χ4v) is 2.46. The van der Waals surface area contributed by atoms with Crippen LogP contribution in [0.25, 0.3) is 0 Å². The Morgan fingerprint density at radius 3 is 2.32 bits per heavy atom. The number of nitrogens with two attached hydrogens (primary N) is 1. The summed E-state index contributed by atoms with van der Waals surface area (Å²) in [4.78, 5) is 2.06. The number of nitrogens with zero attached hydrogens (tertiary/aromatic N) is 1. The summed E-state index contributed by atoms with van der Waals surface area (Å²) in [5.41, 5.74) is 7.94. The van der Waals surface area contributed by atoms with Crippen LogP contribution >= 0.6 is 0 Å². The SMILES string of the molecule is COc1ccc(C(CN)N(C)c2ccc(O)cc2)c(OC)c1. The molecule has 0 aliphatic heterocycles. The Morgan fingerprint density at radius 2 is 1.77 bits per heavy atom. The maximum Gasteiger partial charge on any atom is 0.127 e. The molecule has 0 spiro atoms. The number of ether oxygens (including phenoxy) is 2. The smallest absolute Gasteiger partial charge is 0.127 e. The molecule has 0 saturated heterocycles. The third-order valence-corrected chi connectivity index (χ3v) is 3.75. The monoisotopic (exact) mass is 302 g/mol. The fraction of sp³-hybridized carbons (Fsp3) is 0.294. The molecule has 3 N–H and O–H groups in total. The number of rotatable bonds is 6. The highest BCUT2D eigenvalue weighted by Gasteiger charge is 2.20. The predicted molar refractivity (Wildman–Crippen MR) is 87.9 cm³/mol. The van der Waals surface area contributed by atoms with Gasteiger partial charge >= 0.3 is 0 Å². The first-order valence-electron chi connectivity index (χ1n) is 7.04. The molecule has 0 aliphatic carbocycles. The van der Waals surface area contributed by atoms with Crippen molar-refractivity contribution in [2.24, 2.45) is 5.73 Å². The summed E-state index contributed by atoms with van der Waals surface area (Å²) in [7, 11) is 5.22. The molecule has 118 valence electrons. The summed E-state index contributed by atoms with van der Waals surface area (Å²) in [6, 6.07) is 12.7. The second-order valence-corrected chi connectivity index (χ2v) is 4.99. The van der Waals surface area contributed by atoms with Gasteiger partial charge in [0, 0.05) is 30.9 Å². The molecule has 0 bridgehead atoms. The molecular formula is C17H22N2O3. The normalized spacial score (nSPS) is 11.8. The van der Waals surface area contributed by atoms with Crippen LogP contribution in [0.2, 0.25) is 0 Å². The molecule has 0 radical (unpaired) electrons. The van der Waals surface area contributed by atoms with Crippen molar-refractivity contribution >= 4 is 5.69 Å². The Labute approximate surface area is 130 Å². The van der Waals surface area contributed by atoms with Crippen molar-refractivity contribution in [3.05, 3.63) is 48.0 Å². The van der Waals surface area contributed by atoms with E-state index < -0.39 is 0 Å². The zero-order valence-corrected chi connectivity index (χ0v) is 13.1. The Kier molecular flexibility index (Phi) is 5.12. The molecule has 2 rings (SSSR count). The first kappa shape index (κ1) is 16.0. The summed E-state index contributed by atoms with van der Waals surface area (Å²) < 4.78 is 10.7. The minimum Gasteiger partial charge on any atom is -0.508 e. The molecule has 0 fully saturated rings. The average molecular weight is 302 g/mol. The van der Waals surface area contributed by atoms with E-state index >= 15 is 0 Å². The van der Waals surface area contributed by atoms with Gasteiger partial charge in [-0.15, -0.1) is 0 Å². The molecule has 0 saturated carbocycles. The Hall–Kier alpha value is -2.40. The van der Waals surface area contributed by atoms with Gasteiger partial charge in [0.2, 0.25) is 0 Å². The summed E-state index contributed by atoms with van der Waals surface area (Å²) in [6.07, 6.45) is 0. The number of hydrogen-bond donors (Lipinski definition) is 2. The Balaban J connectivity index is 2.36. The van der Waals surface area contributed by atoms with Crippen LogP contribution in [-0.4, -0.2) is 32.9 Å². The number of phenolic OH excluding ortho intramolecular Hbond substituents is 1. The lowest BCUT2D eigenvalue weighted by Crippen LogP contribution is -2.30. The lowest BCUT2D eigenvalue weighted by atomic mass is 10.0. The average Bonchev–Trinajstić information content (AvgIpc) is 2.56. The maximum atomic E-state index is 9.41. The minimum atomic E-state index is -0.0506. The second kappa shape index (κ2) is 7.04. The molecular weight excluding hydrogens is 280 g/mol. The number of anilines is 1. The van der Waals surface area contributed by atoms with Crippen LogP contribution in [0.3, 0.4) is 0 Å². The van der Waals surface area contributed by atoms with E-state index in [9.17, 15) is 5.11 Å². The molecule has 2 aromatic rings. The van der Waals surface area contributed by atoms with Gasteiger partial charge in [0.25, 0.3) is 0 Å². The maximum absolute atomic E-state index is 9.41. The summed E-state index contributed by atoms with van der Waals surface area (Å²) >= 11 is 0. The van der Waals surface area contributed by atoms with Crippen molar-refractivity contribution in [3.63, 3.8) is 0 Å². The number of likely N-dealkylation sites (N-methyl/N-ethyl adjacent to an activating group) is 1. The molecule has 0 amide bonds. The van der Waals surface area contributed by atoms with Gasteiger partial charge in [0.15, 0.2) is 0 Å². The molecule has 5 heteroatoms. The van der Waals surface area contributed by atoms with E-state index in [4.69, 9.17) is 15.2 Å². The van der Waals surface area contributed by atoms with E-state index in [1.165, 1.54) is 0 Å². The third-order valence-electron chi connectivity index (χ3n) is 3.75. The first-order chi connectivity index (χ1) is 10.6. The number of phenols is 1. The Bertz CT molecular complexity index is 614. The van der Waals surface area contributed by atoms with E-state index in [1.807, 2.05) is 37.4 Å². The van der Waals surface area contributed by atoms with Gasteiger partial charge in [-0.25, -0.2) is 0 Å². The molecule has 22 heavy (non-hydrogen) atoms. The zero-order valence-electron chi connectivity index (χ0n) is 13.1. The van der Waals surface area contributed by atoms with Crippen LogP contribution in [0, 0.1) is 0 Å². The third kappa shape index (κ3) is 3.26. The van der Waals surface area contributed by atoms with E-state index in [0.717, 1.165) is 22.7 Å². The van der Waals surface area contributed by atoms with Crippen LogP contribution in [0.1, 0.15) is 11.6 Å². The number of hydrogen-bond acceptors (Lipinski definition) is 5. The van der Waals surface area contributed by atoms with E-state index in [1.54, 1.807) is 26.4 Å². The number of aromatic hydroxyl groups is 1. The van der Waals surface area contributed by atoms with Crippen molar-refractivity contribution in [1.29, 1.82) is 0 Å². The van der Waals surface area contributed by atoms with Gasteiger partial charge in [-0.05, 0) is 36.4 Å².